The summed E-state index contributed by atoms with van der Waals surface area (Å²) in [6.45, 7) is 6.23. The van der Waals surface area contributed by atoms with Gasteiger partial charge >= 0.3 is 0 Å². The van der Waals surface area contributed by atoms with Crippen LogP contribution >= 0.6 is 0 Å². The molecule has 1 heterocycles. The monoisotopic (exact) mass is 159 g/mol. The zero-order valence-electron chi connectivity index (χ0n) is 7.55. The zero-order chi connectivity index (χ0) is 8.72. The molecule has 0 spiro atoms. The van der Waals surface area contributed by atoms with Gasteiger partial charge in [-0.15, -0.1) is 0 Å². The maximum Gasteiger partial charge on any atom is 0.0950 e. The lowest BCUT2D eigenvalue weighted by Crippen LogP contribution is -2.26. The molecular formula is C10H11N2. The Morgan fingerprint density at radius 1 is 1.08 bits per heavy atom. The Kier molecular flexibility index (Phi) is 1.43. The minimum Gasteiger partial charge on any atom is -0.155 e. The molecule has 0 fully saturated rings. The minimum atomic E-state index is 1.01. The summed E-state index contributed by atoms with van der Waals surface area (Å²) in [4.78, 5) is 0. The third-order valence-electron chi connectivity index (χ3n) is 2.38. The van der Waals surface area contributed by atoms with Crippen LogP contribution in [0.5, 0.6) is 0 Å². The van der Waals surface area contributed by atoms with Gasteiger partial charge in [-0.25, -0.2) is 0 Å². The van der Waals surface area contributed by atoms with Crippen molar-refractivity contribution in [2.24, 2.45) is 5.10 Å². The molecule has 0 unspecified atom stereocenters. The molecule has 0 aromatic heterocycles. The Bertz CT molecular complexity index is 444. The van der Waals surface area contributed by atoms with Crippen molar-refractivity contribution in [2.75, 3.05) is 0 Å². The predicted octanol–water partition coefficient (Wildman–Crippen LogP) is 0.584. The molecule has 0 N–H and O–H groups in total. The Hall–Kier alpha value is -1.31. The van der Waals surface area contributed by atoms with Gasteiger partial charge < -0.3 is 0 Å². The molecule has 1 aromatic rings. The summed E-state index contributed by atoms with van der Waals surface area (Å²) < 4.78 is 0. The van der Waals surface area contributed by atoms with Crippen molar-refractivity contribution >= 4 is 5.70 Å². The van der Waals surface area contributed by atoms with Crippen LogP contribution < -0.4 is 16.0 Å². The Balaban J connectivity index is 2.99. The van der Waals surface area contributed by atoms with E-state index in [2.05, 4.69) is 30.4 Å². The second kappa shape index (κ2) is 2.34. The average molecular weight is 159 g/mol. The topological polar surface area (TPSA) is 26.5 Å². The number of aryl methyl sites for hydroxylation is 1. The summed E-state index contributed by atoms with van der Waals surface area (Å²) in [5.74, 6) is 0. The SMILES string of the molecule is CC1=c2c(C)c(C)ccc2=N[N]1. The second-order valence-electron chi connectivity index (χ2n) is 3.19. The van der Waals surface area contributed by atoms with Gasteiger partial charge in [0.1, 0.15) is 0 Å². The van der Waals surface area contributed by atoms with E-state index in [-0.39, 0.29) is 0 Å². The van der Waals surface area contributed by atoms with Gasteiger partial charge in [-0.05, 0) is 38.0 Å². The van der Waals surface area contributed by atoms with E-state index in [1.165, 1.54) is 16.3 Å². The predicted molar refractivity (Wildman–Crippen MR) is 47.9 cm³/mol. The highest BCUT2D eigenvalue weighted by atomic mass is 15.3. The van der Waals surface area contributed by atoms with E-state index in [9.17, 15) is 0 Å². The average Bonchev–Trinajstić information content (AvgIpc) is 2.41. The van der Waals surface area contributed by atoms with Gasteiger partial charge in [0.15, 0.2) is 0 Å². The summed E-state index contributed by atoms with van der Waals surface area (Å²) >= 11 is 0. The van der Waals surface area contributed by atoms with Crippen LogP contribution in [0.4, 0.5) is 0 Å². The minimum absolute atomic E-state index is 1.01. The highest BCUT2D eigenvalue weighted by Crippen LogP contribution is 2.00. The normalized spacial score (nSPS) is 13.8. The molecule has 1 aromatic carbocycles. The van der Waals surface area contributed by atoms with Gasteiger partial charge in [0.25, 0.3) is 0 Å². The standard InChI is InChI=1S/C10H11N2/c1-6-4-5-9-10(7(6)2)8(3)11-12-9/h4-5H,1-3H3. The second-order valence-corrected chi connectivity index (χ2v) is 3.19. The van der Waals surface area contributed by atoms with E-state index >= 15 is 0 Å². The van der Waals surface area contributed by atoms with Crippen LogP contribution in [0.2, 0.25) is 0 Å². The van der Waals surface area contributed by atoms with Gasteiger partial charge in [0.05, 0.1) is 11.1 Å². The summed E-state index contributed by atoms with van der Waals surface area (Å²) in [6, 6.07) is 4.11. The molecule has 1 radical (unpaired) electrons. The number of hydrogen-bond acceptors (Lipinski definition) is 1. The van der Waals surface area contributed by atoms with Gasteiger partial charge in [-0.3, -0.25) is 0 Å². The molecule has 1 aliphatic rings. The highest BCUT2D eigenvalue weighted by Gasteiger charge is 2.06. The van der Waals surface area contributed by atoms with Crippen LogP contribution in [0.15, 0.2) is 17.2 Å². The first kappa shape index (κ1) is 7.35. The number of benzene rings is 1. The van der Waals surface area contributed by atoms with E-state index < -0.39 is 0 Å². The van der Waals surface area contributed by atoms with Crippen LogP contribution in [0.3, 0.4) is 0 Å². The number of fused-ring (bicyclic) bond motifs is 1. The zero-order valence-corrected chi connectivity index (χ0v) is 7.55. The van der Waals surface area contributed by atoms with E-state index in [1.54, 1.807) is 0 Å². The lowest BCUT2D eigenvalue weighted by Gasteiger charge is -1.97. The van der Waals surface area contributed by atoms with Crippen molar-refractivity contribution in [3.63, 3.8) is 0 Å². The lowest BCUT2D eigenvalue weighted by molar-refractivity contribution is 0.945. The third kappa shape index (κ3) is 0.843. The van der Waals surface area contributed by atoms with Gasteiger partial charge in [-0.2, -0.15) is 10.5 Å². The Morgan fingerprint density at radius 2 is 1.83 bits per heavy atom. The van der Waals surface area contributed by atoms with Crippen molar-refractivity contribution in [3.8, 4) is 0 Å². The smallest absolute Gasteiger partial charge is 0.0950 e. The van der Waals surface area contributed by atoms with Crippen molar-refractivity contribution in [2.45, 2.75) is 20.8 Å². The summed E-state index contributed by atoms with van der Waals surface area (Å²) in [6.07, 6.45) is 0. The Labute approximate surface area is 71.6 Å². The molecule has 0 saturated heterocycles. The third-order valence-corrected chi connectivity index (χ3v) is 2.38. The van der Waals surface area contributed by atoms with Crippen LogP contribution in [0.1, 0.15) is 18.1 Å². The molecule has 0 atom stereocenters. The molecule has 0 aliphatic carbocycles. The molecule has 0 saturated carbocycles. The molecule has 2 heteroatoms. The van der Waals surface area contributed by atoms with Gasteiger partial charge in [0, 0.05) is 5.22 Å². The molecule has 0 amide bonds. The fraction of sp³-hybridized carbons (Fsp3) is 0.300. The largest absolute Gasteiger partial charge is 0.155 e. The molecule has 2 rings (SSSR count). The van der Waals surface area contributed by atoms with E-state index in [4.69, 9.17) is 0 Å². The first-order valence-electron chi connectivity index (χ1n) is 4.06. The molecule has 1 aliphatic heterocycles. The Morgan fingerprint density at radius 3 is 2.58 bits per heavy atom. The van der Waals surface area contributed by atoms with Crippen LogP contribution in [-0.4, -0.2) is 0 Å². The van der Waals surface area contributed by atoms with Crippen LogP contribution in [0.25, 0.3) is 5.70 Å². The molecule has 61 valence electrons. The van der Waals surface area contributed by atoms with Crippen LogP contribution in [0, 0.1) is 13.8 Å². The van der Waals surface area contributed by atoms with Crippen molar-refractivity contribution < 1.29 is 0 Å². The van der Waals surface area contributed by atoms with Gasteiger partial charge in [0.2, 0.25) is 0 Å². The first-order chi connectivity index (χ1) is 5.70. The molecule has 2 nitrogen and oxygen atoms in total. The van der Waals surface area contributed by atoms with Crippen molar-refractivity contribution in [3.05, 3.63) is 33.8 Å². The maximum atomic E-state index is 4.07. The fourth-order valence-corrected chi connectivity index (χ4v) is 1.52. The van der Waals surface area contributed by atoms with E-state index in [0.717, 1.165) is 11.1 Å². The first-order valence-corrected chi connectivity index (χ1v) is 4.06. The molecule has 12 heavy (non-hydrogen) atoms. The quantitative estimate of drug-likeness (QED) is 0.529. The maximum absolute atomic E-state index is 4.07. The highest BCUT2D eigenvalue weighted by molar-refractivity contribution is 5.45. The number of rotatable bonds is 0. The van der Waals surface area contributed by atoms with Gasteiger partial charge in [-0.1, -0.05) is 6.07 Å². The summed E-state index contributed by atoms with van der Waals surface area (Å²) in [5.41, 5.74) is 7.69. The van der Waals surface area contributed by atoms with E-state index in [1.807, 2.05) is 13.0 Å². The number of hydrogen-bond donors (Lipinski definition) is 0. The molecule has 0 bridgehead atoms. The fourth-order valence-electron chi connectivity index (χ4n) is 1.52. The summed E-state index contributed by atoms with van der Waals surface area (Å²) in [7, 11) is 0. The summed E-state index contributed by atoms with van der Waals surface area (Å²) in [5, 5.41) is 6.30. The van der Waals surface area contributed by atoms with E-state index in [0.29, 0.717) is 0 Å². The lowest BCUT2D eigenvalue weighted by atomic mass is 10.1. The van der Waals surface area contributed by atoms with Crippen molar-refractivity contribution in [1.82, 2.24) is 5.43 Å². The number of nitrogens with zero attached hydrogens (tertiary/aromatic N) is 2. The molecular weight excluding hydrogens is 148 g/mol. The van der Waals surface area contributed by atoms with Crippen molar-refractivity contribution in [1.29, 1.82) is 0 Å². The van der Waals surface area contributed by atoms with Crippen LogP contribution in [-0.2, 0) is 0 Å².